The zero-order valence-corrected chi connectivity index (χ0v) is 12.7. The third kappa shape index (κ3) is 6.79. The molecular formula is C16H23NO4. The van der Waals surface area contributed by atoms with Crippen molar-refractivity contribution in [3.63, 3.8) is 0 Å². The number of methoxy groups -OCH3 is 1. The van der Waals surface area contributed by atoms with Crippen molar-refractivity contribution in [3.05, 3.63) is 30.3 Å². The van der Waals surface area contributed by atoms with Crippen LogP contribution in [0.4, 0.5) is 0 Å². The molecule has 1 rings (SSSR count). The number of hydrogen-bond donors (Lipinski definition) is 0. The minimum atomic E-state index is -0.298. The second-order valence-corrected chi connectivity index (χ2v) is 4.56. The molecule has 0 aliphatic carbocycles. The molecule has 0 heterocycles. The number of carbonyl (C=O) groups is 2. The third-order valence-corrected chi connectivity index (χ3v) is 3.09. The topological polar surface area (TPSA) is 55.8 Å². The van der Waals surface area contributed by atoms with E-state index >= 15 is 0 Å². The maximum absolute atomic E-state index is 12.0. The molecule has 0 aliphatic heterocycles. The highest BCUT2D eigenvalue weighted by molar-refractivity contribution is 5.77. The lowest BCUT2D eigenvalue weighted by Crippen LogP contribution is -2.33. The van der Waals surface area contributed by atoms with Crippen LogP contribution in [0.15, 0.2) is 30.3 Å². The fourth-order valence-corrected chi connectivity index (χ4v) is 1.88. The first-order valence-electron chi connectivity index (χ1n) is 7.19. The quantitative estimate of drug-likeness (QED) is 0.517. The van der Waals surface area contributed by atoms with Crippen LogP contribution in [0.1, 0.15) is 26.2 Å². The summed E-state index contributed by atoms with van der Waals surface area (Å²) in [5.41, 5.74) is 0. The van der Waals surface area contributed by atoms with Gasteiger partial charge in [-0.3, -0.25) is 9.59 Å². The summed E-state index contributed by atoms with van der Waals surface area (Å²) in [6.45, 7) is 3.40. The number of carbonyl (C=O) groups excluding carboxylic acids is 2. The standard InChI is InChI=1S/C16H23NO4/c1-3-17(12-11-16(19)20-2)15(18)10-7-13-21-14-8-5-4-6-9-14/h4-6,8-9H,3,7,10-13H2,1-2H3. The molecule has 0 saturated heterocycles. The van der Waals surface area contributed by atoms with Crippen LogP contribution in [0.2, 0.25) is 0 Å². The Bertz CT molecular complexity index is 433. The summed E-state index contributed by atoms with van der Waals surface area (Å²) in [6.07, 6.45) is 1.31. The molecule has 0 atom stereocenters. The summed E-state index contributed by atoms with van der Waals surface area (Å²) in [5.74, 6) is 0.551. The van der Waals surface area contributed by atoms with Gasteiger partial charge >= 0.3 is 5.97 Å². The fraction of sp³-hybridized carbons (Fsp3) is 0.500. The molecule has 1 aromatic rings. The van der Waals surface area contributed by atoms with Gasteiger partial charge in [-0.25, -0.2) is 0 Å². The van der Waals surface area contributed by atoms with Crippen molar-refractivity contribution in [2.45, 2.75) is 26.2 Å². The van der Waals surface area contributed by atoms with Crippen molar-refractivity contribution in [1.29, 1.82) is 0 Å². The number of para-hydroxylation sites is 1. The highest BCUT2D eigenvalue weighted by Crippen LogP contribution is 2.09. The second kappa shape index (κ2) is 9.80. The minimum Gasteiger partial charge on any atom is -0.494 e. The predicted octanol–water partition coefficient (Wildman–Crippen LogP) is 2.26. The SMILES string of the molecule is CCN(CCC(=O)OC)C(=O)CCCOc1ccccc1. The molecular weight excluding hydrogens is 270 g/mol. The van der Waals surface area contributed by atoms with E-state index in [0.29, 0.717) is 32.5 Å². The average Bonchev–Trinajstić information content (AvgIpc) is 2.52. The van der Waals surface area contributed by atoms with Crippen LogP contribution in [-0.2, 0) is 14.3 Å². The van der Waals surface area contributed by atoms with E-state index in [1.165, 1.54) is 7.11 Å². The maximum atomic E-state index is 12.0. The zero-order chi connectivity index (χ0) is 15.5. The van der Waals surface area contributed by atoms with Crippen LogP contribution in [-0.4, -0.2) is 43.6 Å². The molecule has 5 heteroatoms. The summed E-state index contributed by atoms with van der Waals surface area (Å²) in [5, 5.41) is 0. The van der Waals surface area contributed by atoms with E-state index < -0.39 is 0 Å². The first kappa shape index (κ1) is 17.0. The summed E-state index contributed by atoms with van der Waals surface area (Å²) in [7, 11) is 1.35. The van der Waals surface area contributed by atoms with Crippen LogP contribution in [0.5, 0.6) is 5.75 Å². The maximum Gasteiger partial charge on any atom is 0.307 e. The van der Waals surface area contributed by atoms with Crippen LogP contribution in [0.3, 0.4) is 0 Å². The van der Waals surface area contributed by atoms with Crippen LogP contribution in [0, 0.1) is 0 Å². The number of esters is 1. The molecule has 1 amide bonds. The lowest BCUT2D eigenvalue weighted by Gasteiger charge is -2.20. The minimum absolute atomic E-state index is 0.0399. The normalized spacial score (nSPS) is 10.0. The van der Waals surface area contributed by atoms with Gasteiger partial charge in [0.2, 0.25) is 5.91 Å². The largest absolute Gasteiger partial charge is 0.494 e. The molecule has 0 spiro atoms. The van der Waals surface area contributed by atoms with E-state index in [1.54, 1.807) is 4.90 Å². The average molecular weight is 293 g/mol. The van der Waals surface area contributed by atoms with Gasteiger partial charge < -0.3 is 14.4 Å². The molecule has 1 aromatic carbocycles. The molecule has 5 nitrogen and oxygen atoms in total. The van der Waals surface area contributed by atoms with Gasteiger partial charge in [0, 0.05) is 19.5 Å². The van der Waals surface area contributed by atoms with Crippen molar-refractivity contribution >= 4 is 11.9 Å². The van der Waals surface area contributed by atoms with E-state index in [0.717, 1.165) is 5.75 Å². The Labute approximate surface area is 125 Å². The van der Waals surface area contributed by atoms with E-state index in [1.807, 2.05) is 37.3 Å². The number of amides is 1. The van der Waals surface area contributed by atoms with Gasteiger partial charge in [0.25, 0.3) is 0 Å². The van der Waals surface area contributed by atoms with Gasteiger partial charge in [-0.2, -0.15) is 0 Å². The number of benzene rings is 1. The second-order valence-electron chi connectivity index (χ2n) is 4.56. The smallest absolute Gasteiger partial charge is 0.307 e. The molecule has 0 saturated carbocycles. The molecule has 21 heavy (non-hydrogen) atoms. The number of hydrogen-bond acceptors (Lipinski definition) is 4. The first-order valence-corrected chi connectivity index (χ1v) is 7.19. The van der Waals surface area contributed by atoms with Crippen molar-refractivity contribution in [3.8, 4) is 5.75 Å². The first-order chi connectivity index (χ1) is 10.2. The Hall–Kier alpha value is -2.04. The Kier molecular flexibility index (Phi) is 7.94. The number of rotatable bonds is 9. The Morgan fingerprint density at radius 3 is 2.48 bits per heavy atom. The highest BCUT2D eigenvalue weighted by atomic mass is 16.5. The molecule has 0 unspecified atom stereocenters. The van der Waals surface area contributed by atoms with E-state index in [-0.39, 0.29) is 18.3 Å². The molecule has 0 fully saturated rings. The van der Waals surface area contributed by atoms with Crippen LogP contribution in [0.25, 0.3) is 0 Å². The molecule has 116 valence electrons. The summed E-state index contributed by atoms with van der Waals surface area (Å²) < 4.78 is 10.1. The summed E-state index contributed by atoms with van der Waals surface area (Å²) in [6, 6.07) is 9.52. The monoisotopic (exact) mass is 293 g/mol. The molecule has 0 aromatic heterocycles. The van der Waals surface area contributed by atoms with E-state index in [9.17, 15) is 9.59 Å². The lowest BCUT2D eigenvalue weighted by atomic mass is 10.2. The van der Waals surface area contributed by atoms with Crippen molar-refractivity contribution in [2.75, 3.05) is 26.8 Å². The van der Waals surface area contributed by atoms with Crippen molar-refractivity contribution < 1.29 is 19.1 Å². The van der Waals surface area contributed by atoms with Crippen LogP contribution < -0.4 is 4.74 Å². The number of nitrogens with zero attached hydrogens (tertiary/aromatic N) is 1. The predicted molar refractivity (Wildman–Crippen MR) is 80.1 cm³/mol. The Morgan fingerprint density at radius 1 is 1.14 bits per heavy atom. The van der Waals surface area contributed by atoms with E-state index in [4.69, 9.17) is 4.74 Å². The van der Waals surface area contributed by atoms with Gasteiger partial charge in [0.15, 0.2) is 0 Å². The zero-order valence-electron chi connectivity index (χ0n) is 12.7. The molecule has 0 bridgehead atoms. The Morgan fingerprint density at radius 2 is 1.86 bits per heavy atom. The highest BCUT2D eigenvalue weighted by Gasteiger charge is 2.13. The van der Waals surface area contributed by atoms with Gasteiger partial charge in [-0.1, -0.05) is 18.2 Å². The van der Waals surface area contributed by atoms with Crippen LogP contribution >= 0.6 is 0 Å². The molecule has 0 radical (unpaired) electrons. The van der Waals surface area contributed by atoms with E-state index in [2.05, 4.69) is 4.74 Å². The summed E-state index contributed by atoms with van der Waals surface area (Å²) in [4.78, 5) is 24.8. The van der Waals surface area contributed by atoms with Crippen molar-refractivity contribution in [2.24, 2.45) is 0 Å². The number of ether oxygens (including phenoxy) is 2. The molecule has 0 aliphatic rings. The lowest BCUT2D eigenvalue weighted by molar-refractivity contribution is -0.141. The van der Waals surface area contributed by atoms with Gasteiger partial charge in [0.1, 0.15) is 5.75 Å². The summed E-state index contributed by atoms with van der Waals surface area (Å²) >= 11 is 0. The third-order valence-electron chi connectivity index (χ3n) is 3.09. The fourth-order valence-electron chi connectivity index (χ4n) is 1.88. The van der Waals surface area contributed by atoms with Gasteiger partial charge in [0.05, 0.1) is 20.1 Å². The molecule has 0 N–H and O–H groups in total. The van der Waals surface area contributed by atoms with Gasteiger partial charge in [-0.05, 0) is 25.5 Å². The Balaban J connectivity index is 2.23. The van der Waals surface area contributed by atoms with Gasteiger partial charge in [-0.15, -0.1) is 0 Å². The van der Waals surface area contributed by atoms with Crippen molar-refractivity contribution in [1.82, 2.24) is 4.90 Å².